The van der Waals surface area contributed by atoms with Crippen molar-refractivity contribution in [2.24, 2.45) is 4.99 Å². The summed E-state index contributed by atoms with van der Waals surface area (Å²) in [7, 11) is 0. The zero-order valence-electron chi connectivity index (χ0n) is 18.1. The van der Waals surface area contributed by atoms with Crippen LogP contribution in [0.3, 0.4) is 0 Å². The summed E-state index contributed by atoms with van der Waals surface area (Å²) in [5, 5.41) is 4.47. The zero-order chi connectivity index (χ0) is 20.6. The Morgan fingerprint density at radius 3 is 2.59 bits per heavy atom. The van der Waals surface area contributed by atoms with E-state index in [2.05, 4.69) is 50.1 Å². The molecule has 1 atom stereocenters. The van der Waals surface area contributed by atoms with Gasteiger partial charge in [-0.15, -0.1) is 0 Å². The fourth-order valence-electron chi connectivity index (χ4n) is 4.01. The molecule has 0 spiro atoms. The largest absolute Gasteiger partial charge is 0.357 e. The number of piperazine rings is 1. The number of nitrogens with one attached hydrogen (secondary N) is 1. The first-order valence-corrected chi connectivity index (χ1v) is 11.8. The number of aliphatic imine (C=N–C) groups is 1. The second-order valence-corrected chi connectivity index (χ2v) is 8.33. The van der Waals surface area contributed by atoms with Gasteiger partial charge >= 0.3 is 0 Å². The summed E-state index contributed by atoms with van der Waals surface area (Å²) >= 11 is 1.50. The molecule has 8 nitrogen and oxygen atoms in total. The molecule has 0 aliphatic carbocycles. The van der Waals surface area contributed by atoms with Crippen LogP contribution in [0.2, 0.25) is 0 Å². The number of hydrogen-bond donors (Lipinski definition) is 1. The van der Waals surface area contributed by atoms with Gasteiger partial charge in [0, 0.05) is 76.2 Å². The van der Waals surface area contributed by atoms with E-state index in [-0.39, 0.29) is 0 Å². The normalized spacial score (nSPS) is 19.2. The maximum Gasteiger partial charge on any atom is 0.222 e. The molecule has 9 heteroatoms. The van der Waals surface area contributed by atoms with Crippen LogP contribution in [0.15, 0.2) is 4.99 Å². The zero-order valence-corrected chi connectivity index (χ0v) is 18.9. The molecule has 29 heavy (non-hydrogen) atoms. The molecule has 2 fully saturated rings. The monoisotopic (exact) mass is 421 g/mol. The van der Waals surface area contributed by atoms with Crippen LogP contribution in [0, 0.1) is 0 Å². The number of aromatic nitrogens is 2. The maximum absolute atomic E-state index is 12.0. The highest BCUT2D eigenvalue weighted by molar-refractivity contribution is 7.09. The number of guanidine groups is 1. The molecule has 3 rings (SSSR count). The summed E-state index contributed by atoms with van der Waals surface area (Å²) < 4.78 is 4.41. The third-order valence-corrected chi connectivity index (χ3v) is 6.52. The molecule has 162 valence electrons. The molecule has 1 amide bonds. The molecule has 2 aliphatic heterocycles. The number of likely N-dealkylation sites (tertiary alicyclic amines) is 1. The number of aryl methyl sites for hydroxylation is 1. The van der Waals surface area contributed by atoms with Crippen molar-refractivity contribution in [2.45, 2.75) is 58.9 Å². The summed E-state index contributed by atoms with van der Waals surface area (Å²) in [6.07, 6.45) is 4.52. The van der Waals surface area contributed by atoms with Crippen molar-refractivity contribution >= 4 is 28.5 Å². The molecule has 0 radical (unpaired) electrons. The number of hydrogen-bond acceptors (Lipinski definition) is 6. The highest BCUT2D eigenvalue weighted by Crippen LogP contribution is 2.20. The SMILES string of the molecule is CCNC(=NCCC(CC)N1CCCC1=O)N1CCN(c2nc(CC)ns2)CC1. The minimum atomic E-state index is 0.312. The van der Waals surface area contributed by atoms with E-state index in [9.17, 15) is 4.79 Å². The number of rotatable bonds is 8. The summed E-state index contributed by atoms with van der Waals surface area (Å²) in [4.78, 5) is 28.3. The summed E-state index contributed by atoms with van der Waals surface area (Å²) in [6, 6.07) is 0.318. The first-order valence-electron chi connectivity index (χ1n) is 11.1. The van der Waals surface area contributed by atoms with E-state index in [1.54, 1.807) is 0 Å². The van der Waals surface area contributed by atoms with Crippen molar-refractivity contribution < 1.29 is 4.79 Å². The van der Waals surface area contributed by atoms with Crippen molar-refractivity contribution in [3.8, 4) is 0 Å². The molecule has 2 saturated heterocycles. The molecule has 1 aromatic heterocycles. The van der Waals surface area contributed by atoms with Crippen LogP contribution in [0.25, 0.3) is 0 Å². The Labute approximate surface area is 178 Å². The van der Waals surface area contributed by atoms with Gasteiger partial charge in [0.05, 0.1) is 0 Å². The van der Waals surface area contributed by atoms with E-state index in [1.165, 1.54) is 11.5 Å². The van der Waals surface area contributed by atoms with Crippen LogP contribution < -0.4 is 10.2 Å². The van der Waals surface area contributed by atoms with Crippen LogP contribution in [0.1, 0.15) is 52.3 Å². The van der Waals surface area contributed by atoms with Gasteiger partial charge in [-0.25, -0.2) is 4.98 Å². The van der Waals surface area contributed by atoms with Gasteiger partial charge in [-0.2, -0.15) is 4.37 Å². The Balaban J connectivity index is 1.53. The van der Waals surface area contributed by atoms with Crippen molar-refractivity contribution in [3.05, 3.63) is 5.82 Å². The number of carbonyl (C=O) groups is 1. The molecular weight excluding hydrogens is 386 g/mol. The third kappa shape index (κ3) is 5.58. The van der Waals surface area contributed by atoms with Gasteiger partial charge in [-0.3, -0.25) is 9.79 Å². The van der Waals surface area contributed by atoms with Crippen molar-refractivity contribution in [2.75, 3.05) is 50.7 Å². The lowest BCUT2D eigenvalue weighted by atomic mass is 10.1. The summed E-state index contributed by atoms with van der Waals surface area (Å²) in [6.45, 7) is 12.6. The topological polar surface area (TPSA) is 77.0 Å². The predicted molar refractivity (Wildman–Crippen MR) is 119 cm³/mol. The van der Waals surface area contributed by atoms with Gasteiger partial charge in [0.15, 0.2) is 5.96 Å². The van der Waals surface area contributed by atoms with E-state index >= 15 is 0 Å². The van der Waals surface area contributed by atoms with Crippen molar-refractivity contribution in [1.82, 2.24) is 24.5 Å². The number of amides is 1. The summed E-state index contributed by atoms with van der Waals surface area (Å²) in [5.41, 5.74) is 0. The standard InChI is InChI=1S/C20H35N7OS/c1-4-16(27-11-7-8-18(27)28)9-10-22-19(21-6-3)25-12-14-26(15-13-25)20-23-17(5-2)24-29-20/h16H,4-15H2,1-3H3,(H,21,22). The molecule has 0 aromatic carbocycles. The van der Waals surface area contributed by atoms with E-state index in [1.807, 2.05) is 0 Å². The predicted octanol–water partition coefficient (Wildman–Crippen LogP) is 1.98. The van der Waals surface area contributed by atoms with Crippen LogP contribution in [-0.4, -0.2) is 82.9 Å². The third-order valence-electron chi connectivity index (χ3n) is 5.70. The Morgan fingerprint density at radius 2 is 2.00 bits per heavy atom. The van der Waals surface area contributed by atoms with Gasteiger partial charge in [0.2, 0.25) is 11.0 Å². The molecule has 0 saturated carbocycles. The van der Waals surface area contributed by atoms with E-state index in [0.717, 1.165) is 88.4 Å². The number of nitrogens with zero attached hydrogens (tertiary/aromatic N) is 6. The maximum atomic E-state index is 12.0. The minimum absolute atomic E-state index is 0.312. The van der Waals surface area contributed by atoms with Crippen LogP contribution >= 0.6 is 11.5 Å². The molecule has 2 aliphatic rings. The molecule has 1 unspecified atom stereocenters. The molecule has 1 N–H and O–H groups in total. The van der Waals surface area contributed by atoms with Crippen molar-refractivity contribution in [3.63, 3.8) is 0 Å². The Kier molecular flexibility index (Phi) is 8.09. The fraction of sp³-hybridized carbons (Fsp3) is 0.800. The first-order chi connectivity index (χ1) is 14.2. The van der Waals surface area contributed by atoms with Crippen LogP contribution in [0.4, 0.5) is 5.13 Å². The second-order valence-electron chi connectivity index (χ2n) is 7.60. The lowest BCUT2D eigenvalue weighted by Crippen LogP contribution is -2.52. The molecule has 3 heterocycles. The lowest BCUT2D eigenvalue weighted by molar-refractivity contribution is -0.129. The van der Waals surface area contributed by atoms with Gasteiger partial charge < -0.3 is 20.0 Å². The van der Waals surface area contributed by atoms with Gasteiger partial charge in [0.25, 0.3) is 0 Å². The van der Waals surface area contributed by atoms with E-state index in [4.69, 9.17) is 4.99 Å². The van der Waals surface area contributed by atoms with Crippen LogP contribution in [0.5, 0.6) is 0 Å². The smallest absolute Gasteiger partial charge is 0.222 e. The quantitative estimate of drug-likeness (QED) is 0.511. The minimum Gasteiger partial charge on any atom is -0.357 e. The van der Waals surface area contributed by atoms with Crippen molar-refractivity contribution in [1.29, 1.82) is 0 Å². The average molecular weight is 422 g/mol. The number of carbonyl (C=O) groups excluding carboxylic acids is 1. The summed E-state index contributed by atoms with van der Waals surface area (Å²) in [5.74, 6) is 2.23. The van der Waals surface area contributed by atoms with E-state index < -0.39 is 0 Å². The van der Waals surface area contributed by atoms with Gasteiger partial charge in [-0.1, -0.05) is 13.8 Å². The Bertz CT molecular complexity index is 684. The van der Waals surface area contributed by atoms with Gasteiger partial charge in [0.1, 0.15) is 5.82 Å². The Morgan fingerprint density at radius 1 is 1.21 bits per heavy atom. The number of anilines is 1. The lowest BCUT2D eigenvalue weighted by Gasteiger charge is -2.36. The molecule has 1 aromatic rings. The highest BCUT2D eigenvalue weighted by atomic mass is 32.1. The van der Waals surface area contributed by atoms with Gasteiger partial charge in [-0.05, 0) is 26.2 Å². The Hall–Kier alpha value is -1.90. The highest BCUT2D eigenvalue weighted by Gasteiger charge is 2.26. The fourth-order valence-corrected chi connectivity index (χ4v) is 4.81. The molecule has 0 bridgehead atoms. The second kappa shape index (κ2) is 10.8. The van der Waals surface area contributed by atoms with E-state index in [0.29, 0.717) is 18.4 Å². The molecular formula is C20H35N7OS. The van der Waals surface area contributed by atoms with Crippen LogP contribution in [-0.2, 0) is 11.2 Å². The first kappa shape index (κ1) is 21.8. The average Bonchev–Trinajstić information content (AvgIpc) is 3.40.